The van der Waals surface area contributed by atoms with Gasteiger partial charge in [0.2, 0.25) is 5.91 Å². The molecule has 0 aromatic carbocycles. The number of rotatable bonds is 2. The van der Waals surface area contributed by atoms with E-state index in [0.29, 0.717) is 0 Å². The number of carbonyl (C=O) groups excluding carboxylic acids is 1. The van der Waals surface area contributed by atoms with E-state index in [1.54, 1.807) is 13.5 Å². The highest BCUT2D eigenvalue weighted by molar-refractivity contribution is 5.78. The van der Waals surface area contributed by atoms with Gasteiger partial charge in [-0.3, -0.25) is 4.79 Å². The number of nitrogens with one attached hydrogen (secondary N) is 1. The van der Waals surface area contributed by atoms with Crippen molar-refractivity contribution in [1.82, 2.24) is 5.32 Å². The molecule has 1 radical (unpaired) electrons. The summed E-state index contributed by atoms with van der Waals surface area (Å²) in [5.74, 6) is 0.165. The topological polar surface area (TPSA) is 29.1 Å². The van der Waals surface area contributed by atoms with Crippen molar-refractivity contribution in [2.75, 3.05) is 0 Å². The molecule has 47 valence electrons. The fourth-order valence-electron chi connectivity index (χ4n) is 0.309. The molecule has 0 aliphatic heterocycles. The molecule has 0 bridgehead atoms. The van der Waals surface area contributed by atoms with Gasteiger partial charge in [-0.25, -0.2) is 0 Å². The van der Waals surface area contributed by atoms with E-state index in [1.165, 1.54) is 0 Å². The maximum Gasteiger partial charge on any atom is 0.222 e. The Balaban J connectivity index is 3.33. The van der Waals surface area contributed by atoms with E-state index in [-0.39, 0.29) is 11.8 Å². The minimum absolute atomic E-state index is 0.0764. The molecule has 2 nitrogen and oxygen atoms in total. The fourth-order valence-corrected chi connectivity index (χ4v) is 0.309. The molecule has 0 heterocycles. The lowest BCUT2D eigenvalue weighted by Gasteiger charge is -2.01. The molecule has 0 spiro atoms. The molecule has 0 aromatic heterocycles. The molecule has 0 unspecified atom stereocenters. The predicted octanol–water partition coefficient (Wildman–Crippen LogP) is 0.940. The average Bonchev–Trinajstić information content (AvgIpc) is 1.67. The van der Waals surface area contributed by atoms with Gasteiger partial charge in [-0.05, 0) is 6.92 Å². The van der Waals surface area contributed by atoms with E-state index >= 15 is 0 Å². The molecule has 0 saturated carbocycles. The second-order valence-corrected chi connectivity index (χ2v) is 1.95. The van der Waals surface area contributed by atoms with Crippen molar-refractivity contribution in [3.63, 3.8) is 0 Å². The highest BCUT2D eigenvalue weighted by atomic mass is 16.1. The van der Waals surface area contributed by atoms with Gasteiger partial charge in [-0.2, -0.15) is 0 Å². The van der Waals surface area contributed by atoms with Crippen LogP contribution in [0.25, 0.3) is 0 Å². The van der Waals surface area contributed by atoms with Crippen LogP contribution in [0.5, 0.6) is 0 Å². The van der Waals surface area contributed by atoms with Gasteiger partial charge in [0.1, 0.15) is 0 Å². The molecule has 0 saturated heterocycles. The number of hydrogen-bond donors (Lipinski definition) is 1. The van der Waals surface area contributed by atoms with Crippen molar-refractivity contribution >= 4 is 5.91 Å². The predicted molar refractivity (Wildman–Crippen MR) is 33.0 cm³/mol. The minimum atomic E-state index is 0.0764. The lowest BCUT2D eigenvalue weighted by Crippen LogP contribution is -2.23. The summed E-state index contributed by atoms with van der Waals surface area (Å²) in [5, 5.41) is 2.58. The molecule has 2 heteroatoms. The first-order valence-corrected chi connectivity index (χ1v) is 2.76. The zero-order chi connectivity index (χ0) is 6.57. The van der Waals surface area contributed by atoms with Crippen LogP contribution in [0.2, 0.25) is 0 Å². The first-order chi connectivity index (χ1) is 3.68. The van der Waals surface area contributed by atoms with E-state index in [4.69, 9.17) is 0 Å². The number of hydrogen-bond acceptors (Lipinski definition) is 1. The standard InChI is InChI=1S/C6H12NO/c1-4-7-6(8)5(2)3/h4-5H,1-3H3,(H,7,8). The quantitative estimate of drug-likeness (QED) is 0.568. The lowest BCUT2D eigenvalue weighted by atomic mass is 10.2. The average molecular weight is 114 g/mol. The molecule has 8 heavy (non-hydrogen) atoms. The molecule has 0 rings (SSSR count). The Hall–Kier alpha value is -0.530. The van der Waals surface area contributed by atoms with Gasteiger partial charge in [0.25, 0.3) is 0 Å². The van der Waals surface area contributed by atoms with Gasteiger partial charge in [0.05, 0.1) is 0 Å². The van der Waals surface area contributed by atoms with E-state index < -0.39 is 0 Å². The Bertz CT molecular complexity index is 78.6. The van der Waals surface area contributed by atoms with E-state index in [9.17, 15) is 4.79 Å². The Kier molecular flexibility index (Phi) is 3.24. The van der Waals surface area contributed by atoms with Crippen molar-refractivity contribution in [2.45, 2.75) is 20.8 Å². The third-order valence-electron chi connectivity index (χ3n) is 0.811. The number of carbonyl (C=O) groups is 1. The van der Waals surface area contributed by atoms with Crippen LogP contribution in [0.1, 0.15) is 20.8 Å². The van der Waals surface area contributed by atoms with Crippen molar-refractivity contribution in [3.8, 4) is 0 Å². The summed E-state index contributed by atoms with van der Waals surface area (Å²) in [7, 11) is 0. The molecule has 1 N–H and O–H groups in total. The summed E-state index contributed by atoms with van der Waals surface area (Å²) in [6.45, 7) is 7.15. The van der Waals surface area contributed by atoms with Crippen LogP contribution >= 0.6 is 0 Å². The third kappa shape index (κ3) is 2.61. The molecule has 1 amide bonds. The summed E-state index contributed by atoms with van der Waals surface area (Å²) < 4.78 is 0. The van der Waals surface area contributed by atoms with Crippen LogP contribution in [0, 0.1) is 12.5 Å². The van der Waals surface area contributed by atoms with Crippen molar-refractivity contribution < 1.29 is 4.79 Å². The largest absolute Gasteiger partial charge is 0.351 e. The molecular weight excluding hydrogens is 102 g/mol. The second-order valence-electron chi connectivity index (χ2n) is 1.95. The Morgan fingerprint density at radius 1 is 1.62 bits per heavy atom. The van der Waals surface area contributed by atoms with Gasteiger partial charge in [0.15, 0.2) is 0 Å². The highest BCUT2D eigenvalue weighted by Crippen LogP contribution is 1.89. The van der Waals surface area contributed by atoms with Crippen LogP contribution in [0.15, 0.2) is 0 Å². The van der Waals surface area contributed by atoms with Crippen LogP contribution in [0.4, 0.5) is 0 Å². The highest BCUT2D eigenvalue weighted by Gasteiger charge is 2.02. The molecular formula is C6H12NO. The molecule has 0 aliphatic carbocycles. The van der Waals surface area contributed by atoms with Gasteiger partial charge < -0.3 is 5.32 Å². The fraction of sp³-hybridized carbons (Fsp3) is 0.667. The summed E-state index contributed by atoms with van der Waals surface area (Å²) in [4.78, 5) is 10.6. The molecule has 0 aliphatic rings. The van der Waals surface area contributed by atoms with Crippen molar-refractivity contribution in [2.24, 2.45) is 5.92 Å². The maximum absolute atomic E-state index is 10.6. The molecule has 0 atom stereocenters. The van der Waals surface area contributed by atoms with Gasteiger partial charge >= 0.3 is 0 Å². The van der Waals surface area contributed by atoms with Crippen LogP contribution in [-0.2, 0) is 4.79 Å². The maximum atomic E-state index is 10.6. The minimum Gasteiger partial charge on any atom is -0.351 e. The first-order valence-electron chi connectivity index (χ1n) is 2.76. The van der Waals surface area contributed by atoms with Gasteiger partial charge in [0, 0.05) is 12.5 Å². The second kappa shape index (κ2) is 3.47. The zero-order valence-electron chi connectivity index (χ0n) is 5.56. The zero-order valence-corrected chi connectivity index (χ0v) is 5.56. The van der Waals surface area contributed by atoms with E-state index in [1.807, 2.05) is 13.8 Å². The van der Waals surface area contributed by atoms with Gasteiger partial charge in [-0.15, -0.1) is 0 Å². The van der Waals surface area contributed by atoms with Crippen LogP contribution < -0.4 is 5.32 Å². The Morgan fingerprint density at radius 3 is 2.25 bits per heavy atom. The smallest absolute Gasteiger partial charge is 0.222 e. The first kappa shape index (κ1) is 7.47. The summed E-state index contributed by atoms with van der Waals surface area (Å²) >= 11 is 0. The van der Waals surface area contributed by atoms with E-state index in [0.717, 1.165) is 0 Å². The van der Waals surface area contributed by atoms with Crippen LogP contribution in [-0.4, -0.2) is 5.91 Å². The Morgan fingerprint density at radius 2 is 2.12 bits per heavy atom. The van der Waals surface area contributed by atoms with Gasteiger partial charge in [-0.1, -0.05) is 13.8 Å². The normalized spacial score (nSPS) is 9.50. The molecule has 0 aromatic rings. The summed E-state index contributed by atoms with van der Waals surface area (Å²) in [6.07, 6.45) is 0. The molecule has 0 fully saturated rings. The number of amides is 1. The van der Waals surface area contributed by atoms with Crippen molar-refractivity contribution in [1.29, 1.82) is 0 Å². The lowest BCUT2D eigenvalue weighted by molar-refractivity contribution is -0.123. The summed E-state index contributed by atoms with van der Waals surface area (Å²) in [5.41, 5.74) is 0. The van der Waals surface area contributed by atoms with E-state index in [2.05, 4.69) is 5.32 Å². The van der Waals surface area contributed by atoms with Crippen molar-refractivity contribution in [3.05, 3.63) is 6.54 Å². The third-order valence-corrected chi connectivity index (χ3v) is 0.811. The summed E-state index contributed by atoms with van der Waals surface area (Å²) in [6, 6.07) is 0. The Labute approximate surface area is 50.3 Å². The van der Waals surface area contributed by atoms with Crippen LogP contribution in [0.3, 0.4) is 0 Å². The SMILES string of the molecule is C[CH]NC(=O)C(C)C. The monoisotopic (exact) mass is 114 g/mol.